The molecule has 5 rings (SSSR count). The molecule has 1 aliphatic carbocycles. The van der Waals surface area contributed by atoms with E-state index in [2.05, 4.69) is 19.9 Å². The summed E-state index contributed by atoms with van der Waals surface area (Å²) in [6.07, 6.45) is 1.64. The molecule has 216 valence electrons. The zero-order valence-corrected chi connectivity index (χ0v) is 23.1. The normalized spacial score (nSPS) is 20.3. The van der Waals surface area contributed by atoms with Gasteiger partial charge in [0, 0.05) is 25.7 Å². The van der Waals surface area contributed by atoms with E-state index in [4.69, 9.17) is 17.3 Å². The average molecular weight is 600 g/mol. The summed E-state index contributed by atoms with van der Waals surface area (Å²) in [5.41, 5.74) is 6.20. The van der Waals surface area contributed by atoms with Crippen molar-refractivity contribution in [1.29, 1.82) is 0 Å². The lowest BCUT2D eigenvalue weighted by molar-refractivity contribution is -0.137. The Morgan fingerprint density at radius 2 is 2.02 bits per heavy atom. The van der Waals surface area contributed by atoms with Gasteiger partial charge in [0.1, 0.15) is 23.6 Å². The molecule has 10 nitrogen and oxygen atoms in total. The van der Waals surface area contributed by atoms with Gasteiger partial charge in [-0.05, 0) is 49.8 Å². The minimum absolute atomic E-state index is 0.0608. The van der Waals surface area contributed by atoms with Crippen molar-refractivity contribution in [3.8, 4) is 0 Å². The molecule has 4 N–H and O–H groups in total. The number of unbranched alkanes of at least 4 members (excludes halogenated alkanes) is 1. The van der Waals surface area contributed by atoms with E-state index in [1.54, 1.807) is 6.07 Å². The molecule has 3 atom stereocenters. The number of nitrogens with one attached hydrogen (secondary N) is 1. The third-order valence-electron chi connectivity index (χ3n) is 7.42. The number of hydrogen-bond acceptors (Lipinski definition) is 7. The van der Waals surface area contributed by atoms with Crippen molar-refractivity contribution in [2.75, 3.05) is 25.1 Å². The summed E-state index contributed by atoms with van der Waals surface area (Å²) in [5, 5.41) is 11.1. The van der Waals surface area contributed by atoms with Crippen LogP contribution in [-0.2, 0) is 22.6 Å². The first-order chi connectivity index (χ1) is 18.8. The van der Waals surface area contributed by atoms with Crippen LogP contribution < -0.4 is 5.73 Å². The standard InChI is InChI=1S/C25H29ClF3N7O3S/c1-40(38,39)35(6-3-2-4-22-33-18-10-16(25(27,28)29)17(26)11-19(18)34-22)12-14-8-20(21(37)9-14)36-7-5-15-23(30)31-13-32-24(15)36/h5,7,10-11,13-14,20-21,37H,2-4,6,8-9,12H2,1H3,(H,33,34)(H2,30,31,32)/t14-,20+,21+/m0/s1. The molecule has 0 saturated heterocycles. The number of nitrogens with zero attached hydrogens (tertiary/aromatic N) is 5. The van der Waals surface area contributed by atoms with Crippen LogP contribution in [0.3, 0.4) is 0 Å². The van der Waals surface area contributed by atoms with Gasteiger partial charge in [0.2, 0.25) is 10.0 Å². The average Bonchev–Trinajstić information content (AvgIpc) is 3.55. The van der Waals surface area contributed by atoms with E-state index in [0.29, 0.717) is 60.3 Å². The number of rotatable bonds is 9. The van der Waals surface area contributed by atoms with Gasteiger partial charge in [-0.25, -0.2) is 27.7 Å². The van der Waals surface area contributed by atoms with Gasteiger partial charge in [-0.1, -0.05) is 11.6 Å². The Balaban J connectivity index is 1.19. The molecule has 40 heavy (non-hydrogen) atoms. The van der Waals surface area contributed by atoms with Crippen molar-refractivity contribution in [3.05, 3.63) is 47.1 Å². The molecule has 0 unspecified atom stereocenters. The smallest absolute Gasteiger partial charge is 0.391 e. The molecule has 3 aromatic heterocycles. The zero-order valence-electron chi connectivity index (χ0n) is 21.6. The van der Waals surface area contributed by atoms with Crippen molar-refractivity contribution < 1.29 is 26.7 Å². The molecule has 4 aromatic rings. The van der Waals surface area contributed by atoms with Crippen LogP contribution in [0.1, 0.15) is 43.1 Å². The van der Waals surface area contributed by atoms with Crippen LogP contribution in [-0.4, -0.2) is 67.8 Å². The van der Waals surface area contributed by atoms with Crippen LogP contribution in [0.15, 0.2) is 30.7 Å². The van der Waals surface area contributed by atoms with E-state index in [1.807, 2.05) is 10.8 Å². The monoisotopic (exact) mass is 599 g/mol. The summed E-state index contributed by atoms with van der Waals surface area (Å²) >= 11 is 5.79. The van der Waals surface area contributed by atoms with E-state index >= 15 is 0 Å². The molecule has 1 saturated carbocycles. The molecule has 1 aromatic carbocycles. The van der Waals surface area contributed by atoms with Crippen LogP contribution in [0.5, 0.6) is 0 Å². The first-order valence-corrected chi connectivity index (χ1v) is 15.0. The summed E-state index contributed by atoms with van der Waals surface area (Å²) in [4.78, 5) is 15.5. The molecular formula is C25H29ClF3N7O3S. The number of benzene rings is 1. The van der Waals surface area contributed by atoms with Crippen molar-refractivity contribution in [2.24, 2.45) is 5.92 Å². The first-order valence-electron chi connectivity index (χ1n) is 12.8. The minimum atomic E-state index is -4.58. The molecule has 3 heterocycles. The summed E-state index contributed by atoms with van der Waals surface area (Å²) < 4.78 is 67.8. The SMILES string of the molecule is CS(=O)(=O)N(CCCCc1nc2cc(C(F)(F)F)c(Cl)cc2[nH]1)C[C@@H]1C[C@@H](O)[C@H](n2ccc3c(N)ncnc32)C1. The lowest BCUT2D eigenvalue weighted by Crippen LogP contribution is -2.35. The topological polar surface area (TPSA) is 143 Å². The number of nitrogens with two attached hydrogens (primary N) is 1. The highest BCUT2D eigenvalue weighted by Gasteiger charge is 2.37. The number of aryl methyl sites for hydroxylation is 1. The van der Waals surface area contributed by atoms with Gasteiger partial charge in [-0.2, -0.15) is 13.2 Å². The fraction of sp³-hybridized carbons (Fsp3) is 0.480. The molecule has 0 amide bonds. The van der Waals surface area contributed by atoms with Gasteiger partial charge in [0.05, 0.1) is 45.4 Å². The lowest BCUT2D eigenvalue weighted by Gasteiger charge is -2.23. The second-order valence-electron chi connectivity index (χ2n) is 10.3. The molecule has 0 radical (unpaired) electrons. The third kappa shape index (κ3) is 5.90. The highest BCUT2D eigenvalue weighted by Crippen LogP contribution is 2.38. The first kappa shape index (κ1) is 28.6. The predicted octanol–water partition coefficient (Wildman–Crippen LogP) is 4.16. The Morgan fingerprint density at radius 1 is 1.25 bits per heavy atom. The molecule has 1 aliphatic rings. The molecule has 0 aliphatic heterocycles. The Labute approximate surface area is 233 Å². The number of aliphatic hydroxyl groups is 1. The van der Waals surface area contributed by atoms with Crippen LogP contribution in [0, 0.1) is 5.92 Å². The Morgan fingerprint density at radius 3 is 2.75 bits per heavy atom. The van der Waals surface area contributed by atoms with Crippen molar-refractivity contribution in [3.63, 3.8) is 0 Å². The summed E-state index contributed by atoms with van der Waals surface area (Å²) in [5.74, 6) is 0.796. The van der Waals surface area contributed by atoms with Crippen molar-refractivity contribution in [2.45, 2.75) is 50.4 Å². The molecule has 15 heteroatoms. The van der Waals surface area contributed by atoms with Gasteiger partial charge in [0.25, 0.3) is 0 Å². The predicted molar refractivity (Wildman–Crippen MR) is 145 cm³/mol. The number of nitrogen functional groups attached to an aromatic ring is 1. The van der Waals surface area contributed by atoms with E-state index < -0.39 is 32.9 Å². The molecular weight excluding hydrogens is 571 g/mol. The third-order valence-corrected chi connectivity index (χ3v) is 9.00. The maximum atomic E-state index is 13.1. The second-order valence-corrected chi connectivity index (χ2v) is 12.7. The number of aliphatic hydroxyl groups excluding tert-OH is 1. The largest absolute Gasteiger partial charge is 0.417 e. The van der Waals surface area contributed by atoms with E-state index in [0.717, 1.165) is 12.3 Å². The highest BCUT2D eigenvalue weighted by atomic mass is 35.5. The second kappa shape index (κ2) is 10.8. The molecule has 0 bridgehead atoms. The Bertz CT molecular complexity index is 1640. The van der Waals surface area contributed by atoms with Crippen molar-refractivity contribution >= 4 is 49.5 Å². The number of anilines is 1. The number of imidazole rings is 1. The van der Waals surface area contributed by atoms with Gasteiger partial charge < -0.3 is 20.4 Å². The van der Waals surface area contributed by atoms with Crippen LogP contribution in [0.2, 0.25) is 5.02 Å². The number of aromatic nitrogens is 5. The summed E-state index contributed by atoms with van der Waals surface area (Å²) in [7, 11) is -3.51. The Kier molecular flexibility index (Phi) is 7.72. The van der Waals surface area contributed by atoms with E-state index in [1.165, 1.54) is 16.7 Å². The minimum Gasteiger partial charge on any atom is -0.391 e. The maximum absolute atomic E-state index is 13.1. The van der Waals surface area contributed by atoms with Gasteiger partial charge in [-0.15, -0.1) is 0 Å². The molecule has 0 spiro atoms. The fourth-order valence-electron chi connectivity index (χ4n) is 5.48. The van der Waals surface area contributed by atoms with E-state index in [9.17, 15) is 26.7 Å². The number of sulfonamides is 1. The van der Waals surface area contributed by atoms with Crippen LogP contribution in [0.25, 0.3) is 22.1 Å². The zero-order chi connectivity index (χ0) is 28.8. The number of hydrogen-bond donors (Lipinski definition) is 3. The van der Waals surface area contributed by atoms with Gasteiger partial charge >= 0.3 is 6.18 Å². The fourth-order valence-corrected chi connectivity index (χ4v) is 6.69. The highest BCUT2D eigenvalue weighted by molar-refractivity contribution is 7.88. The van der Waals surface area contributed by atoms with Gasteiger partial charge in [-0.3, -0.25) is 0 Å². The maximum Gasteiger partial charge on any atom is 0.417 e. The number of aromatic amines is 1. The number of H-pyrrole nitrogens is 1. The quantitative estimate of drug-likeness (QED) is 0.245. The summed E-state index contributed by atoms with van der Waals surface area (Å²) in [6.45, 7) is 0.544. The van der Waals surface area contributed by atoms with Crippen LogP contribution in [0.4, 0.5) is 19.0 Å². The number of halogens is 4. The van der Waals surface area contributed by atoms with Gasteiger partial charge in [0.15, 0.2) is 0 Å². The van der Waals surface area contributed by atoms with Crippen LogP contribution >= 0.6 is 11.6 Å². The molecule has 1 fully saturated rings. The number of fused-ring (bicyclic) bond motifs is 2. The summed E-state index contributed by atoms with van der Waals surface area (Å²) in [6, 6.07) is 3.67. The van der Waals surface area contributed by atoms with Crippen molar-refractivity contribution in [1.82, 2.24) is 28.8 Å². The lowest BCUT2D eigenvalue weighted by atomic mass is 10.1. The number of alkyl halides is 3. The Hall–Kier alpha value is -2.94. The van der Waals surface area contributed by atoms with E-state index in [-0.39, 0.29) is 30.6 Å².